The molecule has 1 aromatic carbocycles. The van der Waals surface area contributed by atoms with Crippen LogP contribution in [-0.4, -0.2) is 37.2 Å². The van der Waals surface area contributed by atoms with Crippen molar-refractivity contribution in [1.82, 2.24) is 19.7 Å². The minimum absolute atomic E-state index is 0.115. The van der Waals surface area contributed by atoms with Gasteiger partial charge in [-0.05, 0) is 36.2 Å². The molecule has 3 aromatic rings. The van der Waals surface area contributed by atoms with Crippen molar-refractivity contribution < 1.29 is 9.90 Å². The lowest BCUT2D eigenvalue weighted by atomic mass is 9.99. The van der Waals surface area contributed by atoms with Gasteiger partial charge in [0.1, 0.15) is 5.69 Å². The number of aliphatic hydroxyl groups is 1. The largest absolute Gasteiger partial charge is 0.392 e. The van der Waals surface area contributed by atoms with E-state index in [0.717, 1.165) is 28.9 Å². The Hall–Kier alpha value is -2.70. The topological polar surface area (TPSA) is 71.2 Å². The van der Waals surface area contributed by atoms with E-state index in [-0.39, 0.29) is 12.5 Å². The number of aromatic nitrogens is 3. The molecule has 1 aliphatic heterocycles. The summed E-state index contributed by atoms with van der Waals surface area (Å²) in [5, 5.41) is 14.6. The predicted molar refractivity (Wildman–Crippen MR) is 102 cm³/mol. The number of carbonyl (C=O) groups is 1. The van der Waals surface area contributed by atoms with Crippen LogP contribution < -0.4 is 0 Å². The molecule has 4 rings (SSSR count). The molecule has 0 radical (unpaired) electrons. The Morgan fingerprint density at radius 3 is 2.93 bits per heavy atom. The van der Waals surface area contributed by atoms with Gasteiger partial charge in [-0.3, -0.25) is 14.5 Å². The van der Waals surface area contributed by atoms with E-state index in [9.17, 15) is 9.90 Å². The minimum atomic E-state index is -0.147. The molecule has 0 bridgehead atoms. The van der Waals surface area contributed by atoms with Gasteiger partial charge in [-0.15, -0.1) is 0 Å². The Bertz CT molecular complexity index is 1010. The average molecular weight is 383 g/mol. The number of nitrogens with zero attached hydrogens (tertiary/aromatic N) is 4. The number of pyridine rings is 1. The molecule has 3 heterocycles. The summed E-state index contributed by atoms with van der Waals surface area (Å²) in [6, 6.07) is 11.1. The van der Waals surface area contributed by atoms with Gasteiger partial charge in [-0.1, -0.05) is 23.7 Å². The fourth-order valence-corrected chi connectivity index (χ4v) is 3.73. The van der Waals surface area contributed by atoms with Gasteiger partial charge in [-0.2, -0.15) is 5.10 Å². The predicted octanol–water partition coefficient (Wildman–Crippen LogP) is 2.83. The number of halogens is 1. The highest BCUT2D eigenvalue weighted by atomic mass is 35.5. The first kappa shape index (κ1) is 17.7. The summed E-state index contributed by atoms with van der Waals surface area (Å²) < 4.78 is 1.86. The van der Waals surface area contributed by atoms with Crippen LogP contribution in [0.4, 0.5) is 0 Å². The fourth-order valence-electron chi connectivity index (χ4n) is 3.54. The maximum atomic E-state index is 12.8. The Balaban J connectivity index is 1.63. The van der Waals surface area contributed by atoms with Crippen LogP contribution in [0, 0.1) is 0 Å². The lowest BCUT2D eigenvalue weighted by Crippen LogP contribution is -2.36. The van der Waals surface area contributed by atoms with Crippen molar-refractivity contribution in [2.45, 2.75) is 19.6 Å². The van der Waals surface area contributed by atoms with Crippen LogP contribution in [-0.2, 0) is 26.6 Å². The van der Waals surface area contributed by atoms with Crippen LogP contribution in [0.3, 0.4) is 0 Å². The third-order valence-electron chi connectivity index (χ3n) is 4.81. The van der Waals surface area contributed by atoms with Crippen molar-refractivity contribution in [3.8, 4) is 11.3 Å². The van der Waals surface area contributed by atoms with Crippen LogP contribution in [0.25, 0.3) is 11.3 Å². The van der Waals surface area contributed by atoms with Crippen molar-refractivity contribution in [1.29, 1.82) is 0 Å². The number of hydrogen-bond acceptors (Lipinski definition) is 4. The van der Waals surface area contributed by atoms with E-state index in [0.29, 0.717) is 29.4 Å². The maximum absolute atomic E-state index is 12.8. The lowest BCUT2D eigenvalue weighted by molar-refractivity contribution is 0.0726. The standard InChI is InChI=1S/C20H19ClN4O2/c1-24-19(14-3-2-4-15(21)10-14)16-6-8-25(11-18(16)23-24)20(27)17-9-13(12-26)5-7-22-17/h2-5,7,9-10,26H,6,8,11-12H2,1H3. The van der Waals surface area contributed by atoms with Crippen LogP contribution in [0.1, 0.15) is 27.3 Å². The Kier molecular flexibility index (Phi) is 4.68. The first-order valence-electron chi connectivity index (χ1n) is 8.72. The SMILES string of the molecule is Cn1nc2c(c1-c1cccc(Cl)c1)CCN(C(=O)c1cc(CO)ccn1)C2. The molecule has 0 saturated heterocycles. The molecule has 138 valence electrons. The van der Waals surface area contributed by atoms with E-state index in [1.165, 1.54) is 0 Å². The molecule has 0 unspecified atom stereocenters. The summed E-state index contributed by atoms with van der Waals surface area (Å²) in [5.74, 6) is -0.147. The second-order valence-corrected chi connectivity index (χ2v) is 7.03. The molecular weight excluding hydrogens is 364 g/mol. The van der Waals surface area contributed by atoms with Gasteiger partial charge in [0.2, 0.25) is 0 Å². The number of benzene rings is 1. The normalized spacial score (nSPS) is 13.5. The summed E-state index contributed by atoms with van der Waals surface area (Å²) in [6.07, 6.45) is 2.27. The van der Waals surface area contributed by atoms with E-state index >= 15 is 0 Å². The molecule has 7 heteroatoms. The molecule has 1 N–H and O–H groups in total. The van der Waals surface area contributed by atoms with E-state index in [4.69, 9.17) is 11.6 Å². The highest BCUT2D eigenvalue weighted by Crippen LogP contribution is 2.31. The molecule has 0 atom stereocenters. The first-order chi connectivity index (χ1) is 13.1. The number of rotatable bonds is 3. The van der Waals surface area contributed by atoms with Crippen molar-refractivity contribution in [3.63, 3.8) is 0 Å². The van der Waals surface area contributed by atoms with E-state index < -0.39 is 0 Å². The molecule has 0 aliphatic carbocycles. The maximum Gasteiger partial charge on any atom is 0.272 e. The molecule has 1 amide bonds. The second-order valence-electron chi connectivity index (χ2n) is 6.59. The van der Waals surface area contributed by atoms with Crippen LogP contribution in [0.2, 0.25) is 5.02 Å². The zero-order chi connectivity index (χ0) is 19.0. The van der Waals surface area contributed by atoms with Gasteiger partial charge >= 0.3 is 0 Å². The van der Waals surface area contributed by atoms with Crippen molar-refractivity contribution in [2.75, 3.05) is 6.54 Å². The zero-order valence-corrected chi connectivity index (χ0v) is 15.6. The Morgan fingerprint density at radius 1 is 1.30 bits per heavy atom. The van der Waals surface area contributed by atoms with E-state index in [1.54, 1.807) is 23.2 Å². The summed E-state index contributed by atoms with van der Waals surface area (Å²) in [6.45, 7) is 0.917. The fraction of sp³-hybridized carbons (Fsp3) is 0.250. The summed E-state index contributed by atoms with van der Waals surface area (Å²) in [4.78, 5) is 18.7. The molecular formula is C20H19ClN4O2. The van der Waals surface area contributed by atoms with Gasteiger partial charge in [0, 0.05) is 35.9 Å². The van der Waals surface area contributed by atoms with Crippen molar-refractivity contribution in [2.24, 2.45) is 7.05 Å². The van der Waals surface area contributed by atoms with Crippen molar-refractivity contribution >= 4 is 17.5 Å². The number of amides is 1. The zero-order valence-electron chi connectivity index (χ0n) is 14.9. The van der Waals surface area contributed by atoms with Gasteiger partial charge < -0.3 is 10.0 Å². The van der Waals surface area contributed by atoms with E-state index in [1.807, 2.05) is 36.0 Å². The van der Waals surface area contributed by atoms with Gasteiger partial charge in [0.05, 0.1) is 24.5 Å². The number of carbonyl (C=O) groups excluding carboxylic acids is 1. The van der Waals surface area contributed by atoms with Crippen LogP contribution in [0.15, 0.2) is 42.6 Å². The second kappa shape index (κ2) is 7.13. The van der Waals surface area contributed by atoms with Crippen LogP contribution >= 0.6 is 11.6 Å². The lowest BCUT2D eigenvalue weighted by Gasteiger charge is -2.26. The van der Waals surface area contributed by atoms with Gasteiger partial charge in [0.25, 0.3) is 5.91 Å². The quantitative estimate of drug-likeness (QED) is 0.756. The average Bonchev–Trinajstić information content (AvgIpc) is 3.02. The number of aliphatic hydroxyl groups excluding tert-OH is 1. The highest BCUT2D eigenvalue weighted by Gasteiger charge is 2.28. The summed E-state index contributed by atoms with van der Waals surface area (Å²) in [5.41, 5.74) is 5.13. The summed E-state index contributed by atoms with van der Waals surface area (Å²) in [7, 11) is 1.91. The van der Waals surface area contributed by atoms with Crippen LogP contribution in [0.5, 0.6) is 0 Å². The number of hydrogen-bond donors (Lipinski definition) is 1. The smallest absolute Gasteiger partial charge is 0.272 e. The number of aryl methyl sites for hydroxylation is 1. The minimum Gasteiger partial charge on any atom is -0.392 e. The van der Waals surface area contributed by atoms with E-state index in [2.05, 4.69) is 10.1 Å². The molecule has 2 aromatic heterocycles. The molecule has 27 heavy (non-hydrogen) atoms. The monoisotopic (exact) mass is 382 g/mol. The number of fused-ring (bicyclic) bond motifs is 1. The molecule has 1 aliphatic rings. The molecule has 0 spiro atoms. The molecule has 0 fully saturated rings. The summed E-state index contributed by atoms with van der Waals surface area (Å²) >= 11 is 6.15. The first-order valence-corrected chi connectivity index (χ1v) is 9.10. The van der Waals surface area contributed by atoms with Gasteiger partial charge in [-0.25, -0.2) is 0 Å². The Morgan fingerprint density at radius 2 is 2.15 bits per heavy atom. The third kappa shape index (κ3) is 3.34. The van der Waals surface area contributed by atoms with Gasteiger partial charge in [0.15, 0.2) is 0 Å². The molecule has 0 saturated carbocycles. The third-order valence-corrected chi connectivity index (χ3v) is 5.05. The molecule has 6 nitrogen and oxygen atoms in total. The highest BCUT2D eigenvalue weighted by molar-refractivity contribution is 6.30. The van der Waals surface area contributed by atoms with Crippen molar-refractivity contribution in [3.05, 3.63) is 70.1 Å². The Labute approximate surface area is 162 Å².